The fraction of sp³-hybridized carbons (Fsp3) is 0.540. The summed E-state index contributed by atoms with van der Waals surface area (Å²) < 4.78 is 32.5. The van der Waals surface area contributed by atoms with Gasteiger partial charge in [-0.1, -0.05) is 36.2 Å². The summed E-state index contributed by atoms with van der Waals surface area (Å²) in [4.78, 5) is 44.3. The molecule has 0 unspecified atom stereocenters. The van der Waals surface area contributed by atoms with Crippen molar-refractivity contribution in [2.75, 3.05) is 49.1 Å². The number of nitrogens with one attached hydrogen (secondary N) is 3. The Kier molecular flexibility index (Phi) is 16.3. The van der Waals surface area contributed by atoms with E-state index in [1.54, 1.807) is 44.3 Å². The highest BCUT2D eigenvalue weighted by Gasteiger charge is 2.55. The van der Waals surface area contributed by atoms with Gasteiger partial charge >= 0.3 is 0 Å². The molecule has 1 spiro atoms. The van der Waals surface area contributed by atoms with Crippen LogP contribution in [0.1, 0.15) is 115 Å². The van der Waals surface area contributed by atoms with E-state index >= 15 is 0 Å². The lowest BCUT2D eigenvalue weighted by molar-refractivity contribution is -0.132. The Bertz CT molecular complexity index is 2480. The molecule has 2 saturated heterocycles. The quantitative estimate of drug-likeness (QED) is 0.0501. The number of unbranched alkanes of at least 4 members (excludes halogenated alkanes) is 2. The molecule has 0 radical (unpaired) electrons. The van der Waals surface area contributed by atoms with Crippen molar-refractivity contribution in [1.82, 2.24) is 30.1 Å². The smallest absolute Gasteiger partial charge is 0.237 e. The maximum Gasteiger partial charge on any atom is 0.237 e. The first-order chi connectivity index (χ1) is 32.0. The van der Waals surface area contributed by atoms with Crippen LogP contribution >= 0.6 is 11.6 Å². The number of aryl methyl sites for hydroxylation is 2. The number of carbonyl (C=O) groups excluding carboxylic acids is 2. The number of para-hydroxylation sites is 1. The van der Waals surface area contributed by atoms with Gasteiger partial charge in [-0.3, -0.25) is 9.59 Å². The molecule has 2 aromatic heterocycles. The standard InChI is InChI=1S/C50H69ClN10O5S/c1-32(2)66-42-28-37(34(5)27-41(42)57-49-55-29-38(51)47(59-49)56-40-16-8-9-17-43(40)67(64,65)33(3)4)35-19-25-61(26-20-35)45(62)18-7-6-10-24-60-30-44(50(31-60)21-22-50)58-48(63)39(52)15-11-13-36-14-12-23-54-46(36)53/h8-9,12,14,16-17,23,27-29,32-33,35,39,44H,6-7,10-11,13,15,18-22,24-26,30-31,52H2,1-5H3,(H2,53,54)(H,58,63)(H2,55,56,57,59)/t39-,44-/m0/s1. The molecular weight excluding hydrogens is 888 g/mol. The van der Waals surface area contributed by atoms with Crippen molar-refractivity contribution in [3.8, 4) is 5.75 Å². The minimum atomic E-state index is -3.58. The van der Waals surface area contributed by atoms with Crippen molar-refractivity contribution in [1.29, 1.82) is 0 Å². The third kappa shape index (κ3) is 12.6. The Balaban J connectivity index is 0.858. The molecule has 1 saturated carbocycles. The molecule has 4 aromatic rings. The third-order valence-electron chi connectivity index (χ3n) is 13.6. The van der Waals surface area contributed by atoms with Crippen LogP contribution in [0.4, 0.5) is 29.0 Å². The van der Waals surface area contributed by atoms with Gasteiger partial charge in [0.1, 0.15) is 16.6 Å². The number of hydrogen-bond acceptors (Lipinski definition) is 13. The van der Waals surface area contributed by atoms with Gasteiger partial charge in [0.15, 0.2) is 15.7 Å². The minimum absolute atomic E-state index is 0.0657. The van der Waals surface area contributed by atoms with Crippen LogP contribution in [0.3, 0.4) is 0 Å². The summed E-state index contributed by atoms with van der Waals surface area (Å²) in [5.74, 6) is 2.15. The fourth-order valence-corrected chi connectivity index (χ4v) is 10.8. The van der Waals surface area contributed by atoms with Crippen LogP contribution in [-0.2, 0) is 25.8 Å². The molecule has 2 aliphatic heterocycles. The molecule has 2 atom stereocenters. The van der Waals surface area contributed by atoms with E-state index in [1.807, 2.05) is 36.9 Å². The highest BCUT2D eigenvalue weighted by molar-refractivity contribution is 7.92. The Morgan fingerprint density at radius 2 is 1.73 bits per heavy atom. The maximum atomic E-state index is 13.4. The van der Waals surface area contributed by atoms with Crippen LogP contribution in [0.2, 0.25) is 5.02 Å². The normalized spacial score (nSPS) is 17.8. The minimum Gasteiger partial charge on any atom is -0.489 e. The summed E-state index contributed by atoms with van der Waals surface area (Å²) >= 11 is 6.52. The Hall–Kier alpha value is -5.03. The van der Waals surface area contributed by atoms with E-state index in [0.717, 1.165) is 88.5 Å². The monoisotopic (exact) mass is 956 g/mol. The number of hydrogen-bond donors (Lipinski definition) is 5. The summed E-state index contributed by atoms with van der Waals surface area (Å²) in [6, 6.07) is 14.3. The molecule has 17 heteroatoms. The van der Waals surface area contributed by atoms with Crippen LogP contribution in [0.25, 0.3) is 0 Å². The lowest BCUT2D eigenvalue weighted by Crippen LogP contribution is -2.48. The van der Waals surface area contributed by atoms with Crippen molar-refractivity contribution in [3.63, 3.8) is 0 Å². The molecule has 7 rings (SSSR count). The zero-order chi connectivity index (χ0) is 47.9. The average Bonchev–Trinajstić information content (AvgIpc) is 4.00. The van der Waals surface area contributed by atoms with Crippen molar-refractivity contribution >= 4 is 62.2 Å². The van der Waals surface area contributed by atoms with E-state index in [4.69, 9.17) is 27.8 Å². The Morgan fingerprint density at radius 1 is 0.970 bits per heavy atom. The van der Waals surface area contributed by atoms with Crippen molar-refractivity contribution in [2.24, 2.45) is 11.1 Å². The van der Waals surface area contributed by atoms with Crippen LogP contribution in [0, 0.1) is 12.3 Å². The second-order valence-electron chi connectivity index (χ2n) is 19.3. The predicted octanol–water partition coefficient (Wildman–Crippen LogP) is 8.07. The van der Waals surface area contributed by atoms with Crippen molar-refractivity contribution < 1.29 is 22.7 Å². The van der Waals surface area contributed by atoms with Gasteiger partial charge in [-0.25, -0.2) is 18.4 Å². The number of benzene rings is 2. The summed E-state index contributed by atoms with van der Waals surface area (Å²) in [5.41, 5.74) is 16.8. The molecule has 362 valence electrons. The first kappa shape index (κ1) is 49.9. The summed E-state index contributed by atoms with van der Waals surface area (Å²) in [5, 5.41) is 9.37. The lowest BCUT2D eigenvalue weighted by Gasteiger charge is -2.33. The number of pyridine rings is 1. The highest BCUT2D eigenvalue weighted by Crippen LogP contribution is 2.53. The summed E-state index contributed by atoms with van der Waals surface area (Å²) in [6.07, 6.45) is 12.6. The number of sulfone groups is 1. The number of aromatic nitrogens is 3. The topological polar surface area (TPSA) is 211 Å². The number of halogens is 1. The van der Waals surface area contributed by atoms with E-state index in [0.29, 0.717) is 48.9 Å². The van der Waals surface area contributed by atoms with E-state index < -0.39 is 21.1 Å². The number of anilines is 5. The van der Waals surface area contributed by atoms with Crippen LogP contribution < -0.4 is 32.2 Å². The molecule has 2 amide bonds. The van der Waals surface area contributed by atoms with Crippen molar-refractivity contribution in [3.05, 3.63) is 82.6 Å². The number of nitrogens with two attached hydrogens (primary N) is 2. The zero-order valence-corrected chi connectivity index (χ0v) is 41.3. The molecule has 3 fully saturated rings. The van der Waals surface area contributed by atoms with Crippen LogP contribution in [0.15, 0.2) is 65.8 Å². The van der Waals surface area contributed by atoms with E-state index in [9.17, 15) is 18.0 Å². The highest BCUT2D eigenvalue weighted by atomic mass is 35.5. The predicted molar refractivity (Wildman–Crippen MR) is 266 cm³/mol. The number of nitrogens with zero attached hydrogens (tertiary/aromatic N) is 5. The summed E-state index contributed by atoms with van der Waals surface area (Å²) in [6.45, 7) is 13.6. The van der Waals surface area contributed by atoms with Gasteiger partial charge in [0, 0.05) is 50.3 Å². The molecule has 67 heavy (non-hydrogen) atoms. The second-order valence-corrected chi connectivity index (χ2v) is 22.2. The van der Waals surface area contributed by atoms with Gasteiger partial charge in [-0.2, -0.15) is 4.98 Å². The molecular formula is C50H69ClN10O5S. The number of carbonyl (C=O) groups is 2. The largest absolute Gasteiger partial charge is 0.489 e. The number of piperidine rings is 1. The number of ether oxygens (including phenoxy) is 1. The van der Waals surface area contributed by atoms with E-state index in [-0.39, 0.29) is 57.0 Å². The first-order valence-electron chi connectivity index (χ1n) is 24.0. The number of nitrogen functional groups attached to an aromatic ring is 1. The van der Waals surface area contributed by atoms with Gasteiger partial charge in [0.05, 0.1) is 39.9 Å². The molecule has 0 bridgehead atoms. The Labute approximate surface area is 401 Å². The van der Waals surface area contributed by atoms with Crippen molar-refractivity contribution in [2.45, 2.75) is 139 Å². The van der Waals surface area contributed by atoms with Gasteiger partial charge in [0.25, 0.3) is 0 Å². The molecule has 2 aromatic carbocycles. The van der Waals surface area contributed by atoms with Crippen LogP contribution in [0.5, 0.6) is 5.75 Å². The lowest BCUT2D eigenvalue weighted by atomic mass is 9.86. The van der Waals surface area contributed by atoms with E-state index in [1.165, 1.54) is 11.8 Å². The fourth-order valence-electron chi connectivity index (χ4n) is 9.51. The van der Waals surface area contributed by atoms with E-state index in [2.05, 4.69) is 48.8 Å². The number of amides is 2. The molecule has 7 N–H and O–H groups in total. The zero-order valence-electron chi connectivity index (χ0n) is 39.7. The SMILES string of the molecule is Cc1cc(Nc2ncc(Cl)c(Nc3ccccc3S(=O)(=O)C(C)C)n2)c(OC(C)C)cc1C1CCN(C(=O)CCCCCN2C[C@H](NC(=O)[C@@H](N)CCCc3cccnc3N)C3(CC3)C2)CC1. The maximum absolute atomic E-state index is 13.4. The second kappa shape index (κ2) is 21.9. The van der Waals surface area contributed by atoms with Gasteiger partial charge in [0.2, 0.25) is 17.8 Å². The van der Waals surface area contributed by atoms with Crippen LogP contribution in [-0.4, -0.2) is 101 Å². The van der Waals surface area contributed by atoms with Gasteiger partial charge < -0.3 is 42.0 Å². The Morgan fingerprint density at radius 3 is 2.45 bits per heavy atom. The molecule has 3 aliphatic rings. The molecule has 15 nitrogen and oxygen atoms in total. The third-order valence-corrected chi connectivity index (χ3v) is 16.1. The number of rotatable bonds is 21. The van der Waals surface area contributed by atoms with Gasteiger partial charge in [-0.05, 0) is 152 Å². The van der Waals surface area contributed by atoms with Gasteiger partial charge in [-0.15, -0.1) is 0 Å². The average molecular weight is 958 g/mol. The molecule has 1 aliphatic carbocycles. The first-order valence-corrected chi connectivity index (χ1v) is 25.9. The number of likely N-dealkylation sites (tertiary alicyclic amines) is 2. The summed E-state index contributed by atoms with van der Waals surface area (Å²) in [7, 11) is -3.58. The molecule has 4 heterocycles.